The normalized spacial score (nSPS) is 16.4. The second-order valence-electron chi connectivity index (χ2n) is 8.32. The van der Waals surface area contributed by atoms with E-state index >= 15 is 0 Å². The Morgan fingerprint density at radius 2 is 1.41 bits per heavy atom. The van der Waals surface area contributed by atoms with Gasteiger partial charge in [-0.15, -0.1) is 0 Å². The molecule has 0 aromatic rings. The number of aliphatic hydroxyl groups is 1. The molecule has 0 heterocycles. The number of halogens is 6. The van der Waals surface area contributed by atoms with Crippen LogP contribution in [0.15, 0.2) is 0 Å². The maximum absolute atomic E-state index is 12.6. The molecule has 0 radical (unpaired) electrons. The van der Waals surface area contributed by atoms with Crippen LogP contribution in [0.5, 0.6) is 0 Å². The predicted octanol–water partition coefficient (Wildman–Crippen LogP) is 4.10. The summed E-state index contributed by atoms with van der Waals surface area (Å²) >= 11 is 0. The van der Waals surface area contributed by atoms with Crippen LogP contribution in [-0.4, -0.2) is 52.9 Å². The van der Waals surface area contributed by atoms with Gasteiger partial charge in [-0.1, -0.05) is 13.8 Å². The molecule has 2 atom stereocenters. The Bertz CT molecular complexity index is 552. The lowest BCUT2D eigenvalue weighted by Crippen LogP contribution is -2.52. The number of hydrogen-bond acceptors (Lipinski definition) is 5. The zero-order valence-electron chi connectivity index (χ0n) is 17.0. The third-order valence-corrected chi connectivity index (χ3v) is 3.38. The molecule has 0 aliphatic heterocycles. The Morgan fingerprint density at radius 3 is 1.76 bits per heavy atom. The maximum Gasteiger partial charge on any atom is 0.434 e. The quantitative estimate of drug-likeness (QED) is 0.461. The molecule has 0 aliphatic carbocycles. The van der Waals surface area contributed by atoms with Crippen molar-refractivity contribution in [3.63, 3.8) is 0 Å². The summed E-state index contributed by atoms with van der Waals surface area (Å²) in [5.74, 6) is -2.21. The summed E-state index contributed by atoms with van der Waals surface area (Å²) in [6, 6.07) is -0.984. The van der Waals surface area contributed by atoms with E-state index in [0.29, 0.717) is 6.92 Å². The van der Waals surface area contributed by atoms with E-state index in [1.165, 1.54) is 0 Å². The van der Waals surface area contributed by atoms with Crippen molar-refractivity contribution >= 4 is 12.1 Å². The van der Waals surface area contributed by atoms with E-state index in [1.54, 1.807) is 34.6 Å². The van der Waals surface area contributed by atoms with E-state index in [-0.39, 0.29) is 12.3 Å². The highest BCUT2D eigenvalue weighted by molar-refractivity contribution is 5.79. The first-order valence-electron chi connectivity index (χ1n) is 8.71. The topological polar surface area (TPSA) is 84.9 Å². The molecule has 12 heteroatoms. The average molecular weight is 439 g/mol. The van der Waals surface area contributed by atoms with Gasteiger partial charge in [0.15, 0.2) is 5.60 Å². The Morgan fingerprint density at radius 1 is 0.966 bits per heavy atom. The van der Waals surface area contributed by atoms with Crippen molar-refractivity contribution in [2.45, 2.75) is 90.1 Å². The fraction of sp³-hybridized carbons (Fsp3) is 0.882. The number of nitrogens with one attached hydrogen (secondary N) is 1. The van der Waals surface area contributed by atoms with Crippen LogP contribution in [0.4, 0.5) is 31.1 Å². The van der Waals surface area contributed by atoms with Gasteiger partial charge >= 0.3 is 24.4 Å². The summed E-state index contributed by atoms with van der Waals surface area (Å²) in [5, 5.41) is 12.5. The molecule has 29 heavy (non-hydrogen) atoms. The largest absolute Gasteiger partial charge is 0.444 e. The third kappa shape index (κ3) is 10.6. The fourth-order valence-corrected chi connectivity index (χ4v) is 2.35. The van der Waals surface area contributed by atoms with Gasteiger partial charge in [-0.25, -0.2) is 9.59 Å². The zero-order valence-corrected chi connectivity index (χ0v) is 17.0. The van der Waals surface area contributed by atoms with E-state index in [9.17, 15) is 41.0 Å². The lowest BCUT2D eigenvalue weighted by atomic mass is 9.91. The van der Waals surface area contributed by atoms with Gasteiger partial charge in [0.05, 0.1) is 0 Å². The molecule has 2 N–H and O–H groups in total. The second kappa shape index (κ2) is 9.40. The SMILES string of the molecule is CC(C)C[C@@H](C[C@](C)(O)C(=O)OC(C(F)(F)F)C(F)(F)F)NC(=O)OC(C)(C)C. The molecule has 0 aromatic heterocycles. The van der Waals surface area contributed by atoms with Crippen LogP contribution >= 0.6 is 0 Å². The number of carbonyl (C=O) groups excluding carboxylic acids is 2. The summed E-state index contributed by atoms with van der Waals surface area (Å²) in [7, 11) is 0. The molecule has 0 bridgehead atoms. The number of alkyl carbamates (subject to hydrolysis) is 1. The molecule has 172 valence electrons. The van der Waals surface area contributed by atoms with Crippen LogP contribution in [0, 0.1) is 5.92 Å². The first-order valence-corrected chi connectivity index (χ1v) is 8.71. The van der Waals surface area contributed by atoms with Crippen molar-refractivity contribution in [3.05, 3.63) is 0 Å². The van der Waals surface area contributed by atoms with E-state index in [2.05, 4.69) is 10.1 Å². The van der Waals surface area contributed by atoms with Gasteiger partial charge in [-0.2, -0.15) is 26.3 Å². The standard InChI is InChI=1S/C17H27F6NO5/c1-9(2)7-10(24-13(26)29-14(3,4)5)8-15(6,27)12(25)28-11(16(18,19)20)17(21,22)23/h9-11,27H,7-8H2,1-6H3,(H,24,26)/t10-,15-/m0/s1. The predicted molar refractivity (Wildman–Crippen MR) is 89.8 cm³/mol. The number of rotatable bonds is 7. The van der Waals surface area contributed by atoms with Crippen LogP contribution in [0.3, 0.4) is 0 Å². The summed E-state index contributed by atoms with van der Waals surface area (Å²) in [6.07, 6.45) is -17.6. The molecular formula is C17H27F6NO5. The third-order valence-electron chi connectivity index (χ3n) is 3.38. The highest BCUT2D eigenvalue weighted by atomic mass is 19.4. The number of ether oxygens (including phenoxy) is 2. The number of esters is 1. The van der Waals surface area contributed by atoms with Crippen LogP contribution in [0.1, 0.15) is 54.4 Å². The van der Waals surface area contributed by atoms with Gasteiger partial charge in [0.2, 0.25) is 0 Å². The minimum absolute atomic E-state index is 0.0974. The van der Waals surface area contributed by atoms with Gasteiger partial charge in [0.25, 0.3) is 6.10 Å². The van der Waals surface area contributed by atoms with Crippen molar-refractivity contribution in [3.8, 4) is 0 Å². The number of hydrogen-bond donors (Lipinski definition) is 2. The summed E-state index contributed by atoms with van der Waals surface area (Å²) < 4.78 is 84.0. The van der Waals surface area contributed by atoms with Crippen LogP contribution in [-0.2, 0) is 14.3 Å². The van der Waals surface area contributed by atoms with E-state index in [1.807, 2.05) is 0 Å². The van der Waals surface area contributed by atoms with Gasteiger partial charge in [-0.3, -0.25) is 0 Å². The summed E-state index contributed by atoms with van der Waals surface area (Å²) in [4.78, 5) is 23.8. The van der Waals surface area contributed by atoms with Crippen molar-refractivity contribution < 1.29 is 50.5 Å². The van der Waals surface area contributed by atoms with Crippen molar-refractivity contribution in [1.29, 1.82) is 0 Å². The van der Waals surface area contributed by atoms with Gasteiger partial charge < -0.3 is 19.9 Å². The van der Waals surface area contributed by atoms with Gasteiger partial charge in [0, 0.05) is 12.5 Å². The van der Waals surface area contributed by atoms with Crippen molar-refractivity contribution in [2.24, 2.45) is 5.92 Å². The van der Waals surface area contributed by atoms with Crippen LogP contribution in [0.2, 0.25) is 0 Å². The molecule has 0 unspecified atom stereocenters. The molecular weight excluding hydrogens is 412 g/mol. The molecule has 6 nitrogen and oxygen atoms in total. The molecule has 0 aromatic carbocycles. The smallest absolute Gasteiger partial charge is 0.434 e. The Hall–Kier alpha value is -1.72. The van der Waals surface area contributed by atoms with Gasteiger partial charge in [0.1, 0.15) is 5.60 Å². The highest BCUT2D eigenvalue weighted by Crippen LogP contribution is 2.36. The first-order chi connectivity index (χ1) is 12.6. The summed E-state index contributed by atoms with van der Waals surface area (Å²) in [5.41, 5.74) is -3.61. The number of alkyl halides is 6. The fourth-order valence-electron chi connectivity index (χ4n) is 2.35. The molecule has 0 aliphatic rings. The van der Waals surface area contributed by atoms with E-state index < -0.39 is 54.2 Å². The highest BCUT2D eigenvalue weighted by Gasteiger charge is 2.60. The Labute approximate surface area is 164 Å². The van der Waals surface area contributed by atoms with E-state index in [4.69, 9.17) is 4.74 Å². The minimum atomic E-state index is -5.91. The second-order valence-corrected chi connectivity index (χ2v) is 8.32. The number of carbonyl (C=O) groups is 2. The van der Waals surface area contributed by atoms with Crippen molar-refractivity contribution in [2.75, 3.05) is 0 Å². The average Bonchev–Trinajstić information content (AvgIpc) is 2.37. The summed E-state index contributed by atoms with van der Waals surface area (Å²) in [6.45, 7) is 8.88. The molecule has 0 rings (SSSR count). The lowest BCUT2D eigenvalue weighted by molar-refractivity contribution is -0.316. The molecule has 0 saturated carbocycles. The van der Waals surface area contributed by atoms with Crippen LogP contribution < -0.4 is 5.32 Å². The van der Waals surface area contributed by atoms with Gasteiger partial charge in [-0.05, 0) is 40.0 Å². The minimum Gasteiger partial charge on any atom is -0.444 e. The molecule has 1 amide bonds. The maximum atomic E-state index is 12.6. The molecule has 0 saturated heterocycles. The molecule has 0 spiro atoms. The zero-order chi connectivity index (χ0) is 23.4. The van der Waals surface area contributed by atoms with Crippen LogP contribution in [0.25, 0.3) is 0 Å². The Kier molecular flexibility index (Phi) is 8.84. The Balaban J connectivity index is 5.38. The number of amides is 1. The molecule has 0 fully saturated rings. The first kappa shape index (κ1) is 27.3. The van der Waals surface area contributed by atoms with E-state index in [0.717, 1.165) is 0 Å². The monoisotopic (exact) mass is 439 g/mol. The van der Waals surface area contributed by atoms with Crippen molar-refractivity contribution in [1.82, 2.24) is 5.32 Å². The lowest BCUT2D eigenvalue weighted by Gasteiger charge is -2.31.